The summed E-state index contributed by atoms with van der Waals surface area (Å²) in [5, 5.41) is 0. The monoisotopic (exact) mass is 558 g/mol. The SMILES string of the molecule is CC(C)=CCC/C(C)=C/CC/C(C)=C/CC\C(C)=C/C=C/C=C(C)\C=C/C=C(\C)CC/C=C(\C)CCC1OC1(C)C. The van der Waals surface area contributed by atoms with Gasteiger partial charge in [-0.2, -0.15) is 0 Å². The van der Waals surface area contributed by atoms with Gasteiger partial charge in [-0.05, 0) is 133 Å². The first-order chi connectivity index (χ1) is 19.4. The number of hydrogen-bond acceptors (Lipinski definition) is 1. The number of epoxide rings is 1. The van der Waals surface area contributed by atoms with Crippen molar-refractivity contribution >= 4 is 0 Å². The lowest BCUT2D eigenvalue weighted by atomic mass is 10.0. The van der Waals surface area contributed by atoms with E-state index in [9.17, 15) is 0 Å². The Morgan fingerprint density at radius 3 is 1.44 bits per heavy atom. The molecule has 1 unspecified atom stereocenters. The van der Waals surface area contributed by atoms with Gasteiger partial charge in [0.15, 0.2) is 0 Å². The Bertz CT molecular complexity index is 1050. The summed E-state index contributed by atoms with van der Waals surface area (Å²) in [5.41, 5.74) is 10.1. The molecule has 0 aromatic heterocycles. The second kappa shape index (κ2) is 20.5. The van der Waals surface area contributed by atoms with Crippen LogP contribution in [0.4, 0.5) is 0 Å². The van der Waals surface area contributed by atoms with Gasteiger partial charge in [-0.1, -0.05) is 106 Å². The quantitative estimate of drug-likeness (QED) is 0.0872. The molecule has 228 valence electrons. The van der Waals surface area contributed by atoms with Gasteiger partial charge in [0.25, 0.3) is 0 Å². The molecule has 0 aromatic carbocycles. The van der Waals surface area contributed by atoms with Gasteiger partial charge < -0.3 is 4.74 Å². The molecule has 41 heavy (non-hydrogen) atoms. The Kier molecular flexibility index (Phi) is 18.3. The van der Waals surface area contributed by atoms with Crippen LogP contribution in [0.1, 0.15) is 133 Å². The fourth-order valence-electron chi connectivity index (χ4n) is 4.64. The molecule has 1 rings (SSSR count). The van der Waals surface area contributed by atoms with E-state index in [-0.39, 0.29) is 5.60 Å². The molecule has 0 aromatic rings. The van der Waals surface area contributed by atoms with E-state index in [4.69, 9.17) is 4.74 Å². The highest BCUT2D eigenvalue weighted by Gasteiger charge is 2.46. The van der Waals surface area contributed by atoms with Gasteiger partial charge in [-0.3, -0.25) is 0 Å². The van der Waals surface area contributed by atoms with Crippen LogP contribution in [-0.4, -0.2) is 11.7 Å². The Morgan fingerprint density at radius 2 is 0.951 bits per heavy atom. The third kappa shape index (κ3) is 20.2. The molecular formula is C40H62O. The topological polar surface area (TPSA) is 12.5 Å². The molecule has 0 spiro atoms. The summed E-state index contributed by atoms with van der Waals surface area (Å²) < 4.78 is 5.69. The number of allylic oxidation sites excluding steroid dienone is 18. The average molecular weight is 559 g/mol. The van der Waals surface area contributed by atoms with Crippen molar-refractivity contribution in [1.29, 1.82) is 0 Å². The maximum Gasteiger partial charge on any atom is 0.0892 e. The number of rotatable bonds is 19. The molecule has 1 heterocycles. The van der Waals surface area contributed by atoms with Crippen molar-refractivity contribution < 1.29 is 4.74 Å². The van der Waals surface area contributed by atoms with Crippen LogP contribution in [-0.2, 0) is 4.74 Å². The predicted molar refractivity (Wildman–Crippen MR) is 185 cm³/mol. The van der Waals surface area contributed by atoms with Gasteiger partial charge in [0.1, 0.15) is 0 Å². The first-order valence-electron chi connectivity index (χ1n) is 16.0. The van der Waals surface area contributed by atoms with E-state index < -0.39 is 0 Å². The van der Waals surface area contributed by atoms with Crippen LogP contribution in [0, 0.1) is 0 Å². The van der Waals surface area contributed by atoms with E-state index in [2.05, 4.69) is 136 Å². The zero-order valence-corrected chi connectivity index (χ0v) is 28.4. The molecule has 0 N–H and O–H groups in total. The summed E-state index contributed by atoms with van der Waals surface area (Å²) in [6.07, 6.45) is 36.8. The lowest BCUT2D eigenvalue weighted by Gasteiger charge is -2.02. The number of ether oxygens (including phenoxy) is 1. The van der Waals surface area contributed by atoms with E-state index in [1.807, 2.05) is 0 Å². The van der Waals surface area contributed by atoms with Gasteiger partial charge in [-0.15, -0.1) is 0 Å². The Morgan fingerprint density at radius 1 is 0.537 bits per heavy atom. The zero-order chi connectivity index (χ0) is 30.7. The second-order valence-electron chi connectivity index (χ2n) is 13.0. The van der Waals surface area contributed by atoms with Crippen molar-refractivity contribution in [1.82, 2.24) is 0 Å². The molecule has 1 aliphatic rings. The first-order valence-corrected chi connectivity index (χ1v) is 16.0. The molecule has 1 heteroatoms. The molecule has 0 saturated carbocycles. The molecule has 0 radical (unpaired) electrons. The molecule has 0 aliphatic carbocycles. The zero-order valence-electron chi connectivity index (χ0n) is 28.4. The van der Waals surface area contributed by atoms with Crippen molar-refractivity contribution in [3.05, 3.63) is 106 Å². The van der Waals surface area contributed by atoms with Gasteiger partial charge in [0.05, 0.1) is 11.7 Å². The van der Waals surface area contributed by atoms with Gasteiger partial charge in [0.2, 0.25) is 0 Å². The third-order valence-electron chi connectivity index (χ3n) is 7.74. The molecular weight excluding hydrogens is 496 g/mol. The standard InChI is InChI=1S/C40H62O/c1-32(2)18-13-21-35(5)24-16-27-36(6)25-14-22-33(3)19-11-12-20-34(4)23-15-26-37(7)28-17-29-38(8)30-31-39-40(9,10)41-39/h11-12,15,18-20,23-26,29,39H,13-14,16-17,21-22,27-28,30-31H2,1-10H3/b12-11+,23-15-,33-19-,34-20-,35-24+,36-25+,37-26+,38-29+. The smallest absolute Gasteiger partial charge is 0.0892 e. The van der Waals surface area contributed by atoms with E-state index >= 15 is 0 Å². The van der Waals surface area contributed by atoms with Gasteiger partial charge in [-0.25, -0.2) is 0 Å². The Labute approximate surface area is 255 Å². The van der Waals surface area contributed by atoms with Crippen LogP contribution in [0.2, 0.25) is 0 Å². The van der Waals surface area contributed by atoms with Crippen molar-refractivity contribution in [3.8, 4) is 0 Å². The van der Waals surface area contributed by atoms with Crippen LogP contribution >= 0.6 is 0 Å². The summed E-state index contributed by atoms with van der Waals surface area (Å²) in [6.45, 7) is 22.1. The molecule has 1 nitrogen and oxygen atoms in total. The molecule has 1 aliphatic heterocycles. The van der Waals surface area contributed by atoms with Crippen LogP contribution < -0.4 is 0 Å². The Hall–Kier alpha value is -2.38. The highest BCUT2D eigenvalue weighted by Crippen LogP contribution is 2.39. The van der Waals surface area contributed by atoms with Crippen LogP contribution in [0.25, 0.3) is 0 Å². The van der Waals surface area contributed by atoms with Crippen molar-refractivity contribution in [2.75, 3.05) is 0 Å². The predicted octanol–water partition coefficient (Wildman–Crippen LogP) is 12.8. The van der Waals surface area contributed by atoms with E-state index in [1.165, 1.54) is 51.9 Å². The minimum Gasteiger partial charge on any atom is -0.367 e. The minimum atomic E-state index is 0.114. The fourth-order valence-corrected chi connectivity index (χ4v) is 4.64. The summed E-state index contributed by atoms with van der Waals surface area (Å²) in [6, 6.07) is 0. The van der Waals surface area contributed by atoms with Gasteiger partial charge in [0, 0.05) is 0 Å². The van der Waals surface area contributed by atoms with Crippen molar-refractivity contribution in [2.24, 2.45) is 0 Å². The average Bonchev–Trinajstić information content (AvgIpc) is 3.51. The molecule has 1 fully saturated rings. The summed E-state index contributed by atoms with van der Waals surface area (Å²) in [7, 11) is 0. The molecule has 0 amide bonds. The first kappa shape index (κ1) is 36.6. The van der Waals surface area contributed by atoms with Gasteiger partial charge >= 0.3 is 0 Å². The summed E-state index contributed by atoms with van der Waals surface area (Å²) in [5.74, 6) is 0. The maximum absolute atomic E-state index is 5.69. The Balaban J connectivity index is 2.29. The van der Waals surface area contributed by atoms with Crippen LogP contribution in [0.3, 0.4) is 0 Å². The lowest BCUT2D eigenvalue weighted by molar-refractivity contribution is 0.320. The maximum atomic E-state index is 5.69. The van der Waals surface area contributed by atoms with E-state index in [0.717, 1.165) is 51.4 Å². The van der Waals surface area contributed by atoms with E-state index in [1.54, 1.807) is 0 Å². The minimum absolute atomic E-state index is 0.114. The second-order valence-corrected chi connectivity index (χ2v) is 13.0. The largest absolute Gasteiger partial charge is 0.367 e. The normalized spacial score (nSPS) is 19.0. The molecule has 0 bridgehead atoms. The number of hydrogen-bond donors (Lipinski definition) is 0. The third-order valence-corrected chi connectivity index (χ3v) is 7.74. The van der Waals surface area contributed by atoms with Crippen molar-refractivity contribution in [2.45, 2.75) is 145 Å². The highest BCUT2D eigenvalue weighted by molar-refractivity contribution is 5.27. The molecule has 1 saturated heterocycles. The lowest BCUT2D eigenvalue weighted by Crippen LogP contribution is -2.02. The van der Waals surface area contributed by atoms with Crippen LogP contribution in [0.5, 0.6) is 0 Å². The molecule has 1 atom stereocenters. The van der Waals surface area contributed by atoms with E-state index in [0.29, 0.717) is 6.10 Å². The van der Waals surface area contributed by atoms with Crippen LogP contribution in [0.15, 0.2) is 106 Å². The summed E-state index contributed by atoms with van der Waals surface area (Å²) in [4.78, 5) is 0. The summed E-state index contributed by atoms with van der Waals surface area (Å²) >= 11 is 0. The highest BCUT2D eigenvalue weighted by atomic mass is 16.6. The fraction of sp³-hybridized carbons (Fsp3) is 0.550. The van der Waals surface area contributed by atoms with Crippen molar-refractivity contribution in [3.63, 3.8) is 0 Å².